The van der Waals surface area contributed by atoms with Crippen molar-refractivity contribution >= 4 is 60.7 Å². The Morgan fingerprint density at radius 2 is 0.812 bits per heavy atom. The number of hydrogen-bond donors (Lipinski definition) is 0. The minimum atomic E-state index is -0.482. The van der Waals surface area contributed by atoms with Crippen LogP contribution in [0.25, 0.3) is 66.1 Å². The molecule has 3 nitrogen and oxygen atoms in total. The van der Waals surface area contributed by atoms with E-state index in [0.717, 1.165) is 34.0 Å². The maximum absolute atomic E-state index is 2.49. The van der Waals surface area contributed by atoms with Crippen LogP contribution in [0, 0.1) is 0 Å². The smallest absolute Gasteiger partial charge is 0.0713 e. The van der Waals surface area contributed by atoms with Crippen molar-refractivity contribution in [2.24, 2.45) is 0 Å². The van der Waals surface area contributed by atoms with Gasteiger partial charge in [0.05, 0.1) is 38.9 Å². The van der Waals surface area contributed by atoms with E-state index in [9.17, 15) is 0 Å². The Bertz CT molecular complexity index is 3620. The molecular weight excluding hydrogens is 775 g/mol. The Kier molecular flexibility index (Phi) is 8.13. The Balaban J connectivity index is 1.14. The fourth-order valence-electron chi connectivity index (χ4n) is 11.0. The molecule has 1 aliphatic rings. The molecule has 64 heavy (non-hydrogen) atoms. The molecule has 12 aromatic rings. The van der Waals surface area contributed by atoms with Gasteiger partial charge in [0.2, 0.25) is 0 Å². The zero-order valence-electron chi connectivity index (χ0n) is 35.0. The van der Waals surface area contributed by atoms with Gasteiger partial charge in [0.15, 0.2) is 0 Å². The van der Waals surface area contributed by atoms with Crippen molar-refractivity contribution < 1.29 is 0 Å². The molecule has 0 unspecified atom stereocenters. The zero-order chi connectivity index (χ0) is 42.2. The largest absolute Gasteiger partial charge is 0.310 e. The summed E-state index contributed by atoms with van der Waals surface area (Å²) in [6, 6.07) is 91.3. The van der Waals surface area contributed by atoms with Gasteiger partial charge < -0.3 is 14.0 Å². The minimum Gasteiger partial charge on any atom is -0.310 e. The number of fused-ring (bicyclic) bond motifs is 9. The van der Waals surface area contributed by atoms with Crippen LogP contribution in [0.3, 0.4) is 0 Å². The molecule has 0 N–H and O–H groups in total. The second-order valence-electron chi connectivity index (χ2n) is 16.8. The molecule has 0 fully saturated rings. The SMILES string of the molecule is c1ccc(N(c2ccc3c(c2)-c2ccccc2C3(c2ccccc2)c2ccccc2)c2cc(-n3c4ccccc4c4ccccc43)c3c4ccccc4n(-c4ccccc4)c3c2)cc1. The molecule has 0 radical (unpaired) electrons. The normalized spacial score (nSPS) is 12.8. The van der Waals surface area contributed by atoms with Crippen LogP contribution in [0.5, 0.6) is 0 Å². The topological polar surface area (TPSA) is 13.1 Å². The van der Waals surface area contributed by atoms with Crippen LogP contribution in [-0.2, 0) is 5.41 Å². The highest BCUT2D eigenvalue weighted by atomic mass is 15.1. The third kappa shape index (κ3) is 5.22. The fraction of sp³-hybridized carbons (Fsp3) is 0.0164. The van der Waals surface area contributed by atoms with Crippen molar-refractivity contribution in [3.8, 4) is 22.5 Å². The molecule has 2 heterocycles. The van der Waals surface area contributed by atoms with Gasteiger partial charge in [0.25, 0.3) is 0 Å². The average molecular weight is 816 g/mol. The van der Waals surface area contributed by atoms with Crippen LogP contribution < -0.4 is 4.90 Å². The number of anilines is 3. The van der Waals surface area contributed by atoms with E-state index in [4.69, 9.17) is 0 Å². The van der Waals surface area contributed by atoms with Gasteiger partial charge >= 0.3 is 0 Å². The van der Waals surface area contributed by atoms with E-state index >= 15 is 0 Å². The Labute approximate surface area is 372 Å². The number of benzene rings is 10. The summed E-state index contributed by atoms with van der Waals surface area (Å²) in [6.07, 6.45) is 0. The van der Waals surface area contributed by atoms with Gasteiger partial charge in [-0.15, -0.1) is 0 Å². The molecule has 0 aliphatic heterocycles. The van der Waals surface area contributed by atoms with Crippen molar-refractivity contribution in [2.75, 3.05) is 4.90 Å². The van der Waals surface area contributed by atoms with E-state index < -0.39 is 5.41 Å². The summed E-state index contributed by atoms with van der Waals surface area (Å²) in [4.78, 5) is 2.46. The molecule has 0 atom stereocenters. The monoisotopic (exact) mass is 815 g/mol. The number of rotatable bonds is 7. The van der Waals surface area contributed by atoms with Crippen molar-refractivity contribution in [1.29, 1.82) is 0 Å². The fourth-order valence-corrected chi connectivity index (χ4v) is 11.0. The van der Waals surface area contributed by atoms with Gasteiger partial charge in [-0.3, -0.25) is 0 Å². The number of aromatic nitrogens is 2. The summed E-state index contributed by atoms with van der Waals surface area (Å²) < 4.78 is 4.94. The summed E-state index contributed by atoms with van der Waals surface area (Å²) in [5.74, 6) is 0. The van der Waals surface area contributed by atoms with Crippen molar-refractivity contribution in [3.05, 3.63) is 271 Å². The van der Waals surface area contributed by atoms with Gasteiger partial charge in [-0.05, 0) is 100 Å². The van der Waals surface area contributed by atoms with Crippen LogP contribution in [0.1, 0.15) is 22.3 Å². The Morgan fingerprint density at radius 3 is 1.45 bits per heavy atom. The van der Waals surface area contributed by atoms with Crippen molar-refractivity contribution in [1.82, 2.24) is 9.13 Å². The highest BCUT2D eigenvalue weighted by Crippen LogP contribution is 2.57. The first-order valence-corrected chi connectivity index (χ1v) is 22.1. The molecule has 1 aliphatic carbocycles. The van der Waals surface area contributed by atoms with Gasteiger partial charge in [-0.1, -0.05) is 182 Å². The number of para-hydroxylation sites is 5. The first kappa shape index (κ1) is 36.3. The van der Waals surface area contributed by atoms with Crippen LogP contribution in [-0.4, -0.2) is 9.13 Å². The molecule has 3 heteroatoms. The van der Waals surface area contributed by atoms with Gasteiger partial charge in [0.1, 0.15) is 0 Å². The summed E-state index contributed by atoms with van der Waals surface area (Å²) in [7, 11) is 0. The van der Waals surface area contributed by atoms with Crippen molar-refractivity contribution in [2.45, 2.75) is 5.41 Å². The lowest BCUT2D eigenvalue weighted by molar-refractivity contribution is 0.768. The second kappa shape index (κ2) is 14.3. The summed E-state index contributed by atoms with van der Waals surface area (Å²) in [6.45, 7) is 0. The maximum Gasteiger partial charge on any atom is 0.0713 e. The molecule has 300 valence electrons. The number of hydrogen-bond acceptors (Lipinski definition) is 1. The zero-order valence-corrected chi connectivity index (χ0v) is 35.0. The number of nitrogens with zero attached hydrogens (tertiary/aromatic N) is 3. The standard InChI is InChI=1S/C61H41N3/c1-5-21-42(22-6-1)61(43-23-7-2-8-24-43)53-33-17-13-29-48(53)52-39-46(37-38-54(52)61)62(44-25-9-3-10-26-44)47-40-58-60(51-32-16-20-36-57(51)63(58)45-27-11-4-12-28-45)59(41-47)64-55-34-18-14-30-49(55)50-31-15-19-35-56(50)64/h1-41H. The van der Waals surface area contributed by atoms with Gasteiger partial charge in [0, 0.05) is 38.6 Å². The summed E-state index contributed by atoms with van der Waals surface area (Å²) in [5, 5.41) is 4.89. The first-order valence-electron chi connectivity index (χ1n) is 22.1. The lowest BCUT2D eigenvalue weighted by Crippen LogP contribution is -2.28. The molecule has 0 saturated heterocycles. The molecule has 0 saturated carbocycles. The summed E-state index contributed by atoms with van der Waals surface area (Å²) in [5.41, 5.74) is 17.3. The van der Waals surface area contributed by atoms with Crippen LogP contribution in [0.4, 0.5) is 17.1 Å². The maximum atomic E-state index is 2.49. The highest BCUT2D eigenvalue weighted by molar-refractivity contribution is 6.17. The first-order chi connectivity index (χ1) is 31.8. The van der Waals surface area contributed by atoms with E-state index in [-0.39, 0.29) is 0 Å². The molecule has 0 amide bonds. The van der Waals surface area contributed by atoms with Crippen molar-refractivity contribution in [3.63, 3.8) is 0 Å². The lowest BCUT2D eigenvalue weighted by Gasteiger charge is -2.34. The van der Waals surface area contributed by atoms with E-state index in [1.54, 1.807) is 0 Å². The van der Waals surface area contributed by atoms with E-state index in [0.29, 0.717) is 0 Å². The third-order valence-corrected chi connectivity index (χ3v) is 13.5. The van der Waals surface area contributed by atoms with Crippen LogP contribution >= 0.6 is 0 Å². The van der Waals surface area contributed by atoms with Crippen LogP contribution in [0.15, 0.2) is 249 Å². The van der Waals surface area contributed by atoms with Gasteiger partial charge in [-0.2, -0.15) is 0 Å². The molecule has 0 spiro atoms. The van der Waals surface area contributed by atoms with E-state index in [1.165, 1.54) is 71.5 Å². The van der Waals surface area contributed by atoms with Crippen LogP contribution in [0.2, 0.25) is 0 Å². The lowest BCUT2D eigenvalue weighted by atomic mass is 9.68. The predicted octanol–water partition coefficient (Wildman–Crippen LogP) is 15.7. The third-order valence-electron chi connectivity index (χ3n) is 13.5. The Morgan fingerprint density at radius 1 is 0.312 bits per heavy atom. The average Bonchev–Trinajstić information content (AvgIpc) is 3.99. The Hall–Kier alpha value is -8.40. The van der Waals surface area contributed by atoms with Gasteiger partial charge in [-0.25, -0.2) is 0 Å². The highest BCUT2D eigenvalue weighted by Gasteiger charge is 2.46. The second-order valence-corrected chi connectivity index (χ2v) is 16.8. The molecule has 2 aromatic heterocycles. The summed E-state index contributed by atoms with van der Waals surface area (Å²) >= 11 is 0. The minimum absolute atomic E-state index is 0.482. The molecule has 10 aromatic carbocycles. The molecule has 13 rings (SSSR count). The molecular formula is C61H41N3. The quantitative estimate of drug-likeness (QED) is 0.156. The molecule has 0 bridgehead atoms. The predicted molar refractivity (Wildman–Crippen MR) is 267 cm³/mol. The van der Waals surface area contributed by atoms with E-state index in [2.05, 4.69) is 263 Å². The van der Waals surface area contributed by atoms with E-state index in [1.807, 2.05) is 0 Å².